The molecule has 3 rings (SSSR count). The molecule has 0 saturated carbocycles. The van der Waals surface area contributed by atoms with Crippen LogP contribution in [-0.4, -0.2) is 61.5 Å². The van der Waals surface area contributed by atoms with Gasteiger partial charge in [0.05, 0.1) is 12.8 Å². The predicted octanol–water partition coefficient (Wildman–Crippen LogP) is 1.96. The molecule has 9 nitrogen and oxygen atoms in total. The molecule has 0 aliphatic carbocycles. The molecule has 29 heavy (non-hydrogen) atoms. The Labute approximate surface area is 171 Å². The molecular formula is C19H26N6O3S. The van der Waals surface area contributed by atoms with Crippen molar-refractivity contribution in [3.8, 4) is 0 Å². The van der Waals surface area contributed by atoms with E-state index in [4.69, 9.17) is 0 Å². The van der Waals surface area contributed by atoms with Crippen LogP contribution < -0.4 is 15.5 Å². The molecule has 0 radical (unpaired) electrons. The van der Waals surface area contributed by atoms with Crippen molar-refractivity contribution in [2.45, 2.75) is 19.8 Å². The Morgan fingerprint density at radius 3 is 2.38 bits per heavy atom. The lowest BCUT2D eigenvalue weighted by atomic mass is 10.2. The van der Waals surface area contributed by atoms with Crippen LogP contribution in [0.1, 0.15) is 18.5 Å². The van der Waals surface area contributed by atoms with Gasteiger partial charge in [-0.15, -0.1) is 0 Å². The SMILES string of the molecule is Cc1cc(N2CCCC2)nc(Nc2ccc(NC(=O)CN(C)S(C)(=O)=O)cc2)n1. The molecule has 156 valence electrons. The molecule has 1 aliphatic rings. The van der Waals surface area contributed by atoms with Gasteiger partial charge in [-0.25, -0.2) is 13.4 Å². The minimum Gasteiger partial charge on any atom is -0.356 e. The zero-order chi connectivity index (χ0) is 21.0. The van der Waals surface area contributed by atoms with Crippen molar-refractivity contribution in [2.75, 3.05) is 48.5 Å². The van der Waals surface area contributed by atoms with Crippen molar-refractivity contribution in [1.29, 1.82) is 0 Å². The number of hydrogen-bond donors (Lipinski definition) is 2. The molecule has 1 fully saturated rings. The van der Waals surface area contributed by atoms with Gasteiger partial charge in [0.1, 0.15) is 5.82 Å². The number of rotatable bonds is 7. The third-order valence-electron chi connectivity index (χ3n) is 4.63. The van der Waals surface area contributed by atoms with Crippen LogP contribution in [0.15, 0.2) is 30.3 Å². The summed E-state index contributed by atoms with van der Waals surface area (Å²) >= 11 is 0. The molecule has 0 unspecified atom stereocenters. The average Bonchev–Trinajstić information content (AvgIpc) is 3.17. The Hall–Kier alpha value is -2.72. The Balaban J connectivity index is 1.63. The van der Waals surface area contributed by atoms with Crippen LogP contribution in [0.25, 0.3) is 0 Å². The fourth-order valence-corrected chi connectivity index (χ4v) is 3.35. The van der Waals surface area contributed by atoms with Crippen molar-refractivity contribution >= 4 is 39.1 Å². The second kappa shape index (κ2) is 8.75. The Morgan fingerprint density at radius 2 is 1.76 bits per heavy atom. The minimum absolute atomic E-state index is 0.241. The highest BCUT2D eigenvalue weighted by molar-refractivity contribution is 7.88. The van der Waals surface area contributed by atoms with E-state index < -0.39 is 15.9 Å². The summed E-state index contributed by atoms with van der Waals surface area (Å²) in [4.78, 5) is 23.3. The molecule has 0 atom stereocenters. The minimum atomic E-state index is -3.40. The highest BCUT2D eigenvalue weighted by atomic mass is 32.2. The van der Waals surface area contributed by atoms with Crippen LogP contribution >= 0.6 is 0 Å². The number of aromatic nitrogens is 2. The summed E-state index contributed by atoms with van der Waals surface area (Å²) in [5.41, 5.74) is 2.25. The second-order valence-electron chi connectivity index (χ2n) is 7.15. The van der Waals surface area contributed by atoms with E-state index in [9.17, 15) is 13.2 Å². The Kier molecular flexibility index (Phi) is 6.33. The normalized spacial score (nSPS) is 14.3. The molecule has 0 spiro atoms. The first-order valence-electron chi connectivity index (χ1n) is 9.39. The average molecular weight is 419 g/mol. The van der Waals surface area contributed by atoms with E-state index in [1.807, 2.05) is 13.0 Å². The molecule has 2 aromatic rings. The number of anilines is 4. The van der Waals surface area contributed by atoms with E-state index in [1.54, 1.807) is 24.3 Å². The van der Waals surface area contributed by atoms with E-state index in [0.29, 0.717) is 11.6 Å². The van der Waals surface area contributed by atoms with Crippen LogP contribution in [0, 0.1) is 6.92 Å². The van der Waals surface area contributed by atoms with Crippen molar-refractivity contribution in [2.24, 2.45) is 0 Å². The molecule has 2 N–H and O–H groups in total. The van der Waals surface area contributed by atoms with Gasteiger partial charge in [-0.1, -0.05) is 0 Å². The van der Waals surface area contributed by atoms with E-state index >= 15 is 0 Å². The zero-order valence-electron chi connectivity index (χ0n) is 16.8. The smallest absolute Gasteiger partial charge is 0.239 e. The molecule has 2 heterocycles. The summed E-state index contributed by atoms with van der Waals surface area (Å²) in [6, 6.07) is 9.06. The summed E-state index contributed by atoms with van der Waals surface area (Å²) in [5.74, 6) is 1.05. The van der Waals surface area contributed by atoms with Gasteiger partial charge in [-0.3, -0.25) is 4.79 Å². The van der Waals surface area contributed by atoms with Crippen LogP contribution in [0.5, 0.6) is 0 Å². The number of benzene rings is 1. The largest absolute Gasteiger partial charge is 0.356 e. The van der Waals surface area contributed by atoms with Gasteiger partial charge in [-0.2, -0.15) is 9.29 Å². The summed E-state index contributed by atoms with van der Waals surface area (Å²) in [6.07, 6.45) is 3.42. The first-order valence-corrected chi connectivity index (χ1v) is 11.2. The molecule has 10 heteroatoms. The summed E-state index contributed by atoms with van der Waals surface area (Å²) in [5, 5.41) is 5.87. The highest BCUT2D eigenvalue weighted by Gasteiger charge is 2.16. The van der Waals surface area contributed by atoms with E-state index in [1.165, 1.54) is 19.9 Å². The number of nitrogens with zero attached hydrogens (tertiary/aromatic N) is 4. The topological polar surface area (TPSA) is 108 Å². The molecule has 1 aliphatic heterocycles. The quantitative estimate of drug-likeness (QED) is 0.708. The monoisotopic (exact) mass is 418 g/mol. The standard InChI is InChI=1S/C19H26N6O3S/c1-14-12-17(25-10-4-5-11-25)23-19(20-14)22-16-8-6-15(7-9-16)21-18(26)13-24(2)29(3,27)28/h6-9,12H,4-5,10-11,13H2,1-3H3,(H,21,26)(H,20,22,23). The van der Waals surface area contributed by atoms with Crippen LogP contribution in [-0.2, 0) is 14.8 Å². The highest BCUT2D eigenvalue weighted by Crippen LogP contribution is 2.22. The molecule has 1 amide bonds. The summed E-state index contributed by atoms with van der Waals surface area (Å²) < 4.78 is 23.8. The van der Waals surface area contributed by atoms with Crippen LogP contribution in [0.2, 0.25) is 0 Å². The van der Waals surface area contributed by atoms with Gasteiger partial charge in [0.15, 0.2) is 0 Å². The second-order valence-corrected chi connectivity index (χ2v) is 9.24. The predicted molar refractivity (Wildman–Crippen MR) is 114 cm³/mol. The maximum Gasteiger partial charge on any atom is 0.239 e. The first kappa shape index (κ1) is 21.0. The number of nitrogens with one attached hydrogen (secondary N) is 2. The Bertz CT molecular complexity index is 972. The van der Waals surface area contributed by atoms with E-state index in [0.717, 1.165) is 40.8 Å². The maximum absolute atomic E-state index is 12.0. The zero-order valence-corrected chi connectivity index (χ0v) is 17.7. The fraction of sp³-hybridized carbons (Fsp3) is 0.421. The van der Waals surface area contributed by atoms with Crippen LogP contribution in [0.4, 0.5) is 23.1 Å². The van der Waals surface area contributed by atoms with Gasteiger partial charge in [-0.05, 0) is 44.0 Å². The lowest BCUT2D eigenvalue weighted by Crippen LogP contribution is -2.34. The van der Waals surface area contributed by atoms with Crippen molar-refractivity contribution in [1.82, 2.24) is 14.3 Å². The van der Waals surface area contributed by atoms with Crippen molar-refractivity contribution < 1.29 is 13.2 Å². The number of hydrogen-bond acceptors (Lipinski definition) is 7. The van der Waals surface area contributed by atoms with E-state index in [-0.39, 0.29) is 6.54 Å². The van der Waals surface area contributed by atoms with Gasteiger partial charge >= 0.3 is 0 Å². The Morgan fingerprint density at radius 1 is 1.14 bits per heavy atom. The third kappa shape index (κ3) is 5.88. The number of carbonyl (C=O) groups excluding carboxylic acids is 1. The lowest BCUT2D eigenvalue weighted by molar-refractivity contribution is -0.116. The number of likely N-dealkylation sites (N-methyl/N-ethyl adjacent to an activating group) is 1. The van der Waals surface area contributed by atoms with Crippen molar-refractivity contribution in [3.05, 3.63) is 36.0 Å². The van der Waals surface area contributed by atoms with Gasteiger partial charge < -0.3 is 15.5 Å². The van der Waals surface area contributed by atoms with E-state index in [2.05, 4.69) is 25.5 Å². The molecule has 1 aromatic carbocycles. The van der Waals surface area contributed by atoms with Gasteiger partial charge in [0, 0.05) is 43.3 Å². The molecular weight excluding hydrogens is 392 g/mol. The number of amides is 1. The summed E-state index contributed by atoms with van der Waals surface area (Å²) in [7, 11) is -2.04. The van der Waals surface area contributed by atoms with Crippen molar-refractivity contribution in [3.63, 3.8) is 0 Å². The number of carbonyl (C=O) groups is 1. The van der Waals surface area contributed by atoms with Crippen LogP contribution in [0.3, 0.4) is 0 Å². The fourth-order valence-electron chi connectivity index (χ4n) is 3.00. The molecule has 1 aromatic heterocycles. The maximum atomic E-state index is 12.0. The lowest BCUT2D eigenvalue weighted by Gasteiger charge is -2.18. The molecule has 1 saturated heterocycles. The third-order valence-corrected chi connectivity index (χ3v) is 5.89. The number of sulfonamides is 1. The summed E-state index contributed by atoms with van der Waals surface area (Å²) in [6.45, 7) is 3.73. The molecule has 0 bridgehead atoms. The van der Waals surface area contributed by atoms with Gasteiger partial charge in [0.2, 0.25) is 21.9 Å². The first-order chi connectivity index (χ1) is 13.7. The number of aryl methyl sites for hydroxylation is 1. The van der Waals surface area contributed by atoms with Gasteiger partial charge in [0.25, 0.3) is 0 Å².